The minimum absolute atomic E-state index is 0.0451. The Morgan fingerprint density at radius 3 is 2.45 bits per heavy atom. The van der Waals surface area contributed by atoms with Gasteiger partial charge in [-0.05, 0) is 36.8 Å². The number of carbonyl (C=O) groups is 1. The molecule has 0 atom stereocenters. The van der Waals surface area contributed by atoms with Crippen molar-refractivity contribution >= 4 is 16.7 Å². The Labute approximate surface area is 118 Å². The third-order valence-electron chi connectivity index (χ3n) is 3.35. The van der Waals surface area contributed by atoms with Crippen LogP contribution < -0.4 is 4.74 Å². The quantitative estimate of drug-likeness (QED) is 0.932. The topological polar surface area (TPSA) is 49.8 Å². The number of fused-ring (bicyclic) bond motifs is 1. The fourth-order valence-electron chi connectivity index (χ4n) is 1.85. The molecule has 0 aliphatic heterocycles. The van der Waals surface area contributed by atoms with Gasteiger partial charge in [0.1, 0.15) is 0 Å². The van der Waals surface area contributed by atoms with Crippen molar-refractivity contribution < 1.29 is 14.6 Å². The van der Waals surface area contributed by atoms with Crippen LogP contribution >= 0.6 is 0 Å². The Bertz CT molecular complexity index is 622. The maximum absolute atomic E-state index is 11.9. The van der Waals surface area contributed by atoms with Crippen LogP contribution in [0.3, 0.4) is 0 Å². The van der Waals surface area contributed by atoms with Gasteiger partial charge in [-0.2, -0.15) is 0 Å². The normalized spacial score (nSPS) is 10.8. The van der Waals surface area contributed by atoms with E-state index in [1.807, 2.05) is 38.1 Å². The first-order valence-electron chi connectivity index (χ1n) is 6.59. The summed E-state index contributed by atoms with van der Waals surface area (Å²) in [6.07, 6.45) is 0. The molecule has 0 fully saturated rings. The number of benzene rings is 2. The number of amides is 1. The molecule has 2 aromatic rings. The molecule has 0 aliphatic carbocycles. The minimum atomic E-state index is -0.118. The molecule has 0 radical (unpaired) electrons. The highest BCUT2D eigenvalue weighted by molar-refractivity contribution is 5.86. The first-order valence-corrected chi connectivity index (χ1v) is 6.59. The van der Waals surface area contributed by atoms with Crippen molar-refractivity contribution in [2.45, 2.75) is 19.9 Å². The van der Waals surface area contributed by atoms with Gasteiger partial charge < -0.3 is 14.7 Å². The number of hydrogen-bond donors (Lipinski definition) is 1. The molecule has 2 aromatic carbocycles. The van der Waals surface area contributed by atoms with Crippen LogP contribution in [0.25, 0.3) is 10.8 Å². The zero-order chi connectivity index (χ0) is 14.7. The summed E-state index contributed by atoms with van der Waals surface area (Å²) in [5, 5.41) is 11.8. The predicted octanol–water partition coefficient (Wildman–Crippen LogP) is 2.79. The van der Waals surface area contributed by atoms with Crippen LogP contribution in [0.5, 0.6) is 11.5 Å². The maximum atomic E-state index is 11.9. The predicted molar refractivity (Wildman–Crippen MR) is 79.0 cm³/mol. The molecule has 0 saturated heterocycles. The van der Waals surface area contributed by atoms with Crippen LogP contribution in [-0.4, -0.2) is 35.6 Å². The van der Waals surface area contributed by atoms with Gasteiger partial charge in [0.15, 0.2) is 18.1 Å². The third kappa shape index (κ3) is 3.02. The van der Waals surface area contributed by atoms with E-state index in [2.05, 4.69) is 0 Å². The van der Waals surface area contributed by atoms with E-state index < -0.39 is 0 Å². The van der Waals surface area contributed by atoms with Crippen LogP contribution in [0.15, 0.2) is 36.4 Å². The molecule has 0 saturated carbocycles. The van der Waals surface area contributed by atoms with Gasteiger partial charge in [-0.1, -0.05) is 24.3 Å². The molecule has 0 aliphatic rings. The molecule has 20 heavy (non-hydrogen) atoms. The number of nitrogens with zero attached hydrogens (tertiary/aromatic N) is 1. The highest BCUT2D eigenvalue weighted by Gasteiger charge is 2.13. The molecular weight excluding hydrogens is 254 g/mol. The summed E-state index contributed by atoms with van der Waals surface area (Å²) >= 11 is 0. The maximum Gasteiger partial charge on any atom is 0.260 e. The number of ether oxygens (including phenoxy) is 1. The highest BCUT2D eigenvalue weighted by Crippen LogP contribution is 2.31. The molecule has 2 rings (SSSR count). The molecule has 106 valence electrons. The van der Waals surface area contributed by atoms with Gasteiger partial charge >= 0.3 is 0 Å². The van der Waals surface area contributed by atoms with Crippen molar-refractivity contribution in [1.29, 1.82) is 0 Å². The smallest absolute Gasteiger partial charge is 0.260 e. The second-order valence-corrected chi connectivity index (χ2v) is 5.05. The second kappa shape index (κ2) is 5.82. The van der Waals surface area contributed by atoms with E-state index in [-0.39, 0.29) is 24.3 Å². The van der Waals surface area contributed by atoms with Gasteiger partial charge in [-0.25, -0.2) is 0 Å². The number of likely N-dealkylation sites (N-methyl/N-ethyl adjacent to an activating group) is 1. The first-order chi connectivity index (χ1) is 9.49. The molecule has 0 spiro atoms. The van der Waals surface area contributed by atoms with Crippen molar-refractivity contribution in [2.75, 3.05) is 13.7 Å². The van der Waals surface area contributed by atoms with Gasteiger partial charge in [-0.3, -0.25) is 4.79 Å². The lowest BCUT2D eigenvalue weighted by Gasteiger charge is -2.21. The minimum Gasteiger partial charge on any atom is -0.504 e. The number of phenols is 1. The molecule has 1 amide bonds. The van der Waals surface area contributed by atoms with Crippen LogP contribution in [-0.2, 0) is 4.79 Å². The van der Waals surface area contributed by atoms with Crippen LogP contribution in [0.1, 0.15) is 13.8 Å². The van der Waals surface area contributed by atoms with E-state index in [1.54, 1.807) is 24.1 Å². The summed E-state index contributed by atoms with van der Waals surface area (Å²) < 4.78 is 5.44. The Morgan fingerprint density at radius 1 is 1.25 bits per heavy atom. The second-order valence-electron chi connectivity index (χ2n) is 5.05. The summed E-state index contributed by atoms with van der Waals surface area (Å²) in [6.45, 7) is 3.79. The van der Waals surface area contributed by atoms with Gasteiger partial charge in [0, 0.05) is 13.1 Å². The van der Waals surface area contributed by atoms with Gasteiger partial charge in [-0.15, -0.1) is 0 Å². The van der Waals surface area contributed by atoms with Crippen molar-refractivity contribution in [3.8, 4) is 11.5 Å². The highest BCUT2D eigenvalue weighted by atomic mass is 16.5. The SMILES string of the molecule is CC(C)N(C)C(=O)COc1cc2ccccc2cc1O. The van der Waals surface area contributed by atoms with Crippen LogP contribution in [0, 0.1) is 0 Å². The Balaban J connectivity index is 2.14. The average Bonchev–Trinajstić information content (AvgIpc) is 2.43. The number of phenolic OH excluding ortho intramolecular Hbond substituents is 1. The summed E-state index contributed by atoms with van der Waals surface area (Å²) in [6, 6.07) is 11.2. The standard InChI is InChI=1S/C16H19NO3/c1-11(2)17(3)16(19)10-20-15-9-13-7-5-4-6-12(13)8-14(15)18/h4-9,11,18H,10H2,1-3H3. The molecule has 4 heteroatoms. The van der Waals surface area contributed by atoms with Crippen molar-refractivity contribution in [2.24, 2.45) is 0 Å². The number of aromatic hydroxyl groups is 1. The fraction of sp³-hybridized carbons (Fsp3) is 0.312. The number of carbonyl (C=O) groups excluding carboxylic acids is 1. The lowest BCUT2D eigenvalue weighted by Crippen LogP contribution is -2.36. The zero-order valence-electron chi connectivity index (χ0n) is 12.0. The lowest BCUT2D eigenvalue weighted by molar-refractivity contribution is -0.133. The van der Waals surface area contributed by atoms with Gasteiger partial charge in [0.05, 0.1) is 0 Å². The van der Waals surface area contributed by atoms with Crippen molar-refractivity contribution in [1.82, 2.24) is 4.90 Å². The van der Waals surface area contributed by atoms with E-state index in [0.717, 1.165) is 10.8 Å². The Morgan fingerprint density at radius 2 is 1.85 bits per heavy atom. The lowest BCUT2D eigenvalue weighted by atomic mass is 10.1. The van der Waals surface area contributed by atoms with Gasteiger partial charge in [0.2, 0.25) is 0 Å². The Hall–Kier alpha value is -2.23. The molecular formula is C16H19NO3. The summed E-state index contributed by atoms with van der Waals surface area (Å²) in [7, 11) is 1.73. The van der Waals surface area contributed by atoms with E-state index in [9.17, 15) is 9.90 Å². The van der Waals surface area contributed by atoms with Crippen LogP contribution in [0.2, 0.25) is 0 Å². The molecule has 0 unspecified atom stereocenters. The fourth-order valence-corrected chi connectivity index (χ4v) is 1.85. The molecule has 1 N–H and O–H groups in total. The van der Waals surface area contributed by atoms with Crippen molar-refractivity contribution in [3.63, 3.8) is 0 Å². The number of rotatable bonds is 4. The Kier molecular flexibility index (Phi) is 4.13. The zero-order valence-corrected chi connectivity index (χ0v) is 12.0. The molecule has 0 heterocycles. The first kappa shape index (κ1) is 14.2. The van der Waals surface area contributed by atoms with E-state index in [0.29, 0.717) is 5.75 Å². The summed E-state index contributed by atoms with van der Waals surface area (Å²) in [4.78, 5) is 13.5. The molecule has 0 bridgehead atoms. The van der Waals surface area contributed by atoms with E-state index in [1.165, 1.54) is 0 Å². The van der Waals surface area contributed by atoms with Gasteiger partial charge in [0.25, 0.3) is 5.91 Å². The van der Waals surface area contributed by atoms with Crippen LogP contribution in [0.4, 0.5) is 0 Å². The average molecular weight is 273 g/mol. The monoisotopic (exact) mass is 273 g/mol. The van der Waals surface area contributed by atoms with Crippen molar-refractivity contribution in [3.05, 3.63) is 36.4 Å². The number of hydrogen-bond acceptors (Lipinski definition) is 3. The van der Waals surface area contributed by atoms with E-state index >= 15 is 0 Å². The molecule has 0 aromatic heterocycles. The molecule has 4 nitrogen and oxygen atoms in total. The third-order valence-corrected chi connectivity index (χ3v) is 3.35. The summed E-state index contributed by atoms with van der Waals surface area (Å²) in [5.41, 5.74) is 0. The largest absolute Gasteiger partial charge is 0.504 e. The summed E-state index contributed by atoms with van der Waals surface area (Å²) in [5.74, 6) is 0.255. The van der Waals surface area contributed by atoms with E-state index in [4.69, 9.17) is 4.74 Å².